The summed E-state index contributed by atoms with van der Waals surface area (Å²) in [4.78, 5) is 20.5. The van der Waals surface area contributed by atoms with Crippen molar-refractivity contribution in [1.82, 2.24) is 19.1 Å². The molecule has 0 bridgehead atoms. The molecule has 1 aromatic carbocycles. The van der Waals surface area contributed by atoms with Gasteiger partial charge in [0.1, 0.15) is 18.5 Å². The van der Waals surface area contributed by atoms with Crippen LogP contribution in [0.25, 0.3) is 16.9 Å². The van der Waals surface area contributed by atoms with E-state index >= 15 is 0 Å². The smallest absolute Gasteiger partial charge is 0.282 e. The van der Waals surface area contributed by atoms with Gasteiger partial charge >= 0.3 is 0 Å². The molecule has 21 heavy (non-hydrogen) atoms. The summed E-state index contributed by atoms with van der Waals surface area (Å²) in [5, 5.41) is 0. The maximum absolute atomic E-state index is 12.2. The number of fused-ring (bicyclic) bond motifs is 1. The molecule has 0 unspecified atom stereocenters. The van der Waals surface area contributed by atoms with Crippen LogP contribution in [-0.2, 0) is 15.7 Å². The standard InChI is InChI=1S/C13H12N4O3S/c1-21(19,20)9-16-7-15-12-11(13(16)18)14-8-17(12)10-5-3-2-4-6-10/h2-8H,9H2,1H3. The molecule has 0 fully saturated rings. The Labute approximate surface area is 120 Å². The highest BCUT2D eigenvalue weighted by Gasteiger charge is 2.13. The number of aromatic nitrogens is 4. The quantitative estimate of drug-likeness (QED) is 0.706. The van der Waals surface area contributed by atoms with E-state index < -0.39 is 21.3 Å². The Kier molecular flexibility index (Phi) is 3.09. The molecule has 3 aromatic rings. The van der Waals surface area contributed by atoms with Gasteiger partial charge in [-0.25, -0.2) is 18.4 Å². The van der Waals surface area contributed by atoms with Crippen LogP contribution >= 0.6 is 0 Å². The lowest BCUT2D eigenvalue weighted by Crippen LogP contribution is -2.24. The topological polar surface area (TPSA) is 86.8 Å². The van der Waals surface area contributed by atoms with Crippen LogP contribution in [0.4, 0.5) is 0 Å². The first kappa shape index (κ1) is 13.5. The van der Waals surface area contributed by atoms with Gasteiger partial charge in [-0.2, -0.15) is 0 Å². The van der Waals surface area contributed by atoms with Crippen molar-refractivity contribution in [1.29, 1.82) is 0 Å². The van der Waals surface area contributed by atoms with Crippen molar-refractivity contribution in [2.75, 3.05) is 6.26 Å². The third-order valence-electron chi connectivity index (χ3n) is 2.93. The monoisotopic (exact) mass is 304 g/mol. The normalized spacial score (nSPS) is 11.9. The molecular formula is C13H12N4O3S. The fourth-order valence-corrected chi connectivity index (χ4v) is 2.74. The first-order chi connectivity index (χ1) is 9.96. The molecule has 0 saturated heterocycles. The summed E-state index contributed by atoms with van der Waals surface area (Å²) in [5.74, 6) is -0.410. The van der Waals surface area contributed by atoms with Crippen LogP contribution in [0.15, 0.2) is 47.8 Å². The van der Waals surface area contributed by atoms with Gasteiger partial charge in [-0.1, -0.05) is 18.2 Å². The van der Waals surface area contributed by atoms with Crippen molar-refractivity contribution in [3.8, 4) is 5.69 Å². The number of imidazole rings is 1. The number of sulfone groups is 1. The molecule has 0 aliphatic heterocycles. The van der Waals surface area contributed by atoms with Crippen molar-refractivity contribution in [3.05, 3.63) is 53.3 Å². The lowest BCUT2D eigenvalue weighted by Gasteiger charge is -2.05. The third kappa shape index (κ3) is 2.57. The number of hydrogen-bond acceptors (Lipinski definition) is 5. The van der Waals surface area contributed by atoms with Crippen LogP contribution in [-0.4, -0.2) is 33.8 Å². The SMILES string of the molecule is CS(=O)(=O)Cn1cnc2c(ncn2-c2ccccc2)c1=O. The van der Waals surface area contributed by atoms with Crippen LogP contribution in [0.5, 0.6) is 0 Å². The van der Waals surface area contributed by atoms with Gasteiger partial charge in [0.05, 0.1) is 0 Å². The van der Waals surface area contributed by atoms with Crippen molar-refractivity contribution in [2.24, 2.45) is 0 Å². The van der Waals surface area contributed by atoms with Gasteiger partial charge in [-0.3, -0.25) is 13.9 Å². The number of rotatable bonds is 3. The van der Waals surface area contributed by atoms with Crippen LogP contribution in [0.1, 0.15) is 0 Å². The fraction of sp³-hybridized carbons (Fsp3) is 0.154. The van der Waals surface area contributed by atoms with Gasteiger partial charge in [0.15, 0.2) is 21.0 Å². The third-order valence-corrected chi connectivity index (χ3v) is 3.68. The number of para-hydroxylation sites is 1. The van der Waals surface area contributed by atoms with Gasteiger partial charge < -0.3 is 0 Å². The van der Waals surface area contributed by atoms with Crippen molar-refractivity contribution < 1.29 is 8.42 Å². The molecule has 2 aromatic heterocycles. The minimum Gasteiger partial charge on any atom is -0.283 e. The lowest BCUT2D eigenvalue weighted by atomic mass is 10.3. The van der Waals surface area contributed by atoms with E-state index in [-0.39, 0.29) is 5.52 Å². The zero-order valence-corrected chi connectivity index (χ0v) is 12.0. The zero-order chi connectivity index (χ0) is 15.0. The molecule has 0 radical (unpaired) electrons. The van der Waals surface area contributed by atoms with E-state index in [4.69, 9.17) is 0 Å². The molecule has 2 heterocycles. The Morgan fingerprint density at radius 2 is 1.81 bits per heavy atom. The highest BCUT2D eigenvalue weighted by atomic mass is 32.2. The largest absolute Gasteiger partial charge is 0.283 e. The second-order valence-electron chi connectivity index (χ2n) is 4.70. The molecule has 7 nitrogen and oxygen atoms in total. The predicted octanol–water partition coefficient (Wildman–Crippen LogP) is 0.584. The first-order valence-electron chi connectivity index (χ1n) is 6.11. The van der Waals surface area contributed by atoms with Gasteiger partial charge in [0.25, 0.3) is 5.56 Å². The average Bonchev–Trinajstić information content (AvgIpc) is 2.86. The van der Waals surface area contributed by atoms with E-state index in [0.717, 1.165) is 16.5 Å². The van der Waals surface area contributed by atoms with Crippen molar-refractivity contribution in [3.63, 3.8) is 0 Å². The minimum atomic E-state index is -3.33. The van der Waals surface area contributed by atoms with Crippen molar-refractivity contribution >= 4 is 21.0 Å². The summed E-state index contributed by atoms with van der Waals surface area (Å²) < 4.78 is 25.3. The molecule has 108 valence electrons. The maximum Gasteiger partial charge on any atom is 0.282 e. The summed E-state index contributed by atoms with van der Waals surface area (Å²) in [6, 6.07) is 9.35. The van der Waals surface area contributed by atoms with Crippen LogP contribution < -0.4 is 5.56 Å². The molecular weight excluding hydrogens is 292 g/mol. The Morgan fingerprint density at radius 1 is 1.10 bits per heavy atom. The summed E-state index contributed by atoms with van der Waals surface area (Å²) in [6.45, 7) is 0. The van der Waals surface area contributed by atoms with Gasteiger partial charge in [-0.15, -0.1) is 0 Å². The number of benzene rings is 1. The van der Waals surface area contributed by atoms with E-state index in [2.05, 4.69) is 9.97 Å². The highest BCUT2D eigenvalue weighted by Crippen LogP contribution is 2.13. The fourth-order valence-electron chi connectivity index (χ4n) is 2.05. The molecule has 3 rings (SSSR count). The summed E-state index contributed by atoms with van der Waals surface area (Å²) in [6.07, 6.45) is 3.79. The molecule has 0 N–H and O–H groups in total. The minimum absolute atomic E-state index is 0.144. The average molecular weight is 304 g/mol. The molecule has 0 amide bonds. The van der Waals surface area contributed by atoms with Crippen LogP contribution in [0.3, 0.4) is 0 Å². The maximum atomic E-state index is 12.2. The van der Waals surface area contributed by atoms with E-state index in [9.17, 15) is 13.2 Å². The van der Waals surface area contributed by atoms with E-state index in [0.29, 0.717) is 5.65 Å². The highest BCUT2D eigenvalue weighted by molar-refractivity contribution is 7.89. The molecule has 0 spiro atoms. The number of hydrogen-bond donors (Lipinski definition) is 0. The molecule has 0 atom stereocenters. The second kappa shape index (κ2) is 4.81. The van der Waals surface area contributed by atoms with E-state index in [1.165, 1.54) is 12.7 Å². The van der Waals surface area contributed by atoms with Gasteiger partial charge in [-0.05, 0) is 12.1 Å². The van der Waals surface area contributed by atoms with Gasteiger partial charge in [0.2, 0.25) is 0 Å². The van der Waals surface area contributed by atoms with Crippen molar-refractivity contribution in [2.45, 2.75) is 5.88 Å². The molecule has 0 aliphatic carbocycles. The van der Waals surface area contributed by atoms with E-state index in [1.54, 1.807) is 4.57 Å². The number of nitrogens with zero attached hydrogens (tertiary/aromatic N) is 4. The Morgan fingerprint density at radius 3 is 2.48 bits per heavy atom. The molecule has 0 saturated carbocycles. The summed E-state index contributed by atoms with van der Waals surface area (Å²) in [5.41, 5.74) is 0.897. The lowest BCUT2D eigenvalue weighted by molar-refractivity contribution is 0.587. The molecule has 8 heteroatoms. The molecule has 0 aliphatic rings. The van der Waals surface area contributed by atoms with Crippen LogP contribution in [0.2, 0.25) is 0 Å². The zero-order valence-electron chi connectivity index (χ0n) is 11.2. The Bertz CT molecular complexity index is 958. The van der Waals surface area contributed by atoms with Gasteiger partial charge in [0, 0.05) is 11.9 Å². The van der Waals surface area contributed by atoms with E-state index in [1.807, 2.05) is 30.3 Å². The predicted molar refractivity (Wildman–Crippen MR) is 78.0 cm³/mol. The summed E-state index contributed by atoms with van der Waals surface area (Å²) in [7, 11) is -3.33. The van der Waals surface area contributed by atoms with Crippen LogP contribution in [0, 0.1) is 0 Å². The summed E-state index contributed by atoms with van der Waals surface area (Å²) >= 11 is 0. The first-order valence-corrected chi connectivity index (χ1v) is 8.17. The second-order valence-corrected chi connectivity index (χ2v) is 6.81. The Hall–Kier alpha value is -2.48. The Balaban J connectivity index is 2.18.